The van der Waals surface area contributed by atoms with E-state index in [1.54, 1.807) is 7.11 Å². The lowest BCUT2D eigenvalue weighted by Gasteiger charge is -2.16. The average molecular weight is 246 g/mol. The fraction of sp³-hybridized carbons (Fsp3) is 0.818. The molecular formula is C11H22N2O4. The minimum Gasteiger partial charge on any atom is -0.481 e. The third kappa shape index (κ3) is 11.1. The Labute approximate surface area is 102 Å². The van der Waals surface area contributed by atoms with Crippen molar-refractivity contribution in [3.8, 4) is 0 Å². The first-order valence-corrected chi connectivity index (χ1v) is 5.72. The molecule has 1 amide bonds. The number of carboxylic acid groups (broad SMARTS) is 1. The summed E-state index contributed by atoms with van der Waals surface area (Å²) >= 11 is 0. The van der Waals surface area contributed by atoms with Crippen molar-refractivity contribution in [3.63, 3.8) is 0 Å². The lowest BCUT2D eigenvalue weighted by Crippen LogP contribution is -2.34. The van der Waals surface area contributed by atoms with E-state index in [0.29, 0.717) is 19.6 Å². The van der Waals surface area contributed by atoms with Gasteiger partial charge in [0.2, 0.25) is 5.91 Å². The first-order valence-electron chi connectivity index (χ1n) is 5.72. The number of carbonyl (C=O) groups is 2. The van der Waals surface area contributed by atoms with Crippen LogP contribution in [0.15, 0.2) is 0 Å². The van der Waals surface area contributed by atoms with Crippen LogP contribution in [0.1, 0.15) is 19.3 Å². The molecule has 0 spiro atoms. The van der Waals surface area contributed by atoms with Gasteiger partial charge in [-0.25, -0.2) is 0 Å². The molecule has 6 heteroatoms. The van der Waals surface area contributed by atoms with E-state index in [2.05, 4.69) is 10.2 Å². The molecule has 0 bridgehead atoms. The standard InChI is InChI=1S/C11H22N2O4/c1-13(8-9-17-2)7-6-12-10(14)4-3-5-11(15)16/h3-9H2,1-2H3,(H,12,14)(H,15,16). The zero-order chi connectivity index (χ0) is 13.1. The van der Waals surface area contributed by atoms with Crippen LogP contribution in [-0.2, 0) is 14.3 Å². The molecule has 0 saturated carbocycles. The van der Waals surface area contributed by atoms with E-state index in [9.17, 15) is 9.59 Å². The van der Waals surface area contributed by atoms with Crippen LogP contribution < -0.4 is 5.32 Å². The molecule has 100 valence electrons. The number of carbonyl (C=O) groups excluding carboxylic acids is 1. The van der Waals surface area contributed by atoms with E-state index >= 15 is 0 Å². The van der Waals surface area contributed by atoms with Crippen molar-refractivity contribution in [3.05, 3.63) is 0 Å². The number of aliphatic carboxylic acids is 1. The normalized spacial score (nSPS) is 10.5. The van der Waals surface area contributed by atoms with Crippen LogP contribution in [-0.4, -0.2) is 62.3 Å². The summed E-state index contributed by atoms with van der Waals surface area (Å²) in [6.45, 7) is 2.83. The summed E-state index contributed by atoms with van der Waals surface area (Å²) in [5.74, 6) is -0.955. The lowest BCUT2D eigenvalue weighted by molar-refractivity contribution is -0.137. The van der Waals surface area contributed by atoms with Gasteiger partial charge in [-0.05, 0) is 13.5 Å². The number of amides is 1. The molecule has 17 heavy (non-hydrogen) atoms. The van der Waals surface area contributed by atoms with Gasteiger partial charge in [-0.15, -0.1) is 0 Å². The highest BCUT2D eigenvalue weighted by Gasteiger charge is 2.04. The number of rotatable bonds is 10. The number of hydrogen-bond acceptors (Lipinski definition) is 4. The van der Waals surface area contributed by atoms with Gasteiger partial charge in [0.1, 0.15) is 0 Å². The van der Waals surface area contributed by atoms with Crippen molar-refractivity contribution in [1.82, 2.24) is 10.2 Å². The maximum atomic E-state index is 11.3. The minimum absolute atomic E-state index is 0.0428. The maximum absolute atomic E-state index is 11.3. The Bertz CT molecular complexity index is 234. The van der Waals surface area contributed by atoms with E-state index in [-0.39, 0.29) is 18.7 Å². The van der Waals surface area contributed by atoms with Gasteiger partial charge in [0, 0.05) is 39.6 Å². The van der Waals surface area contributed by atoms with Crippen LogP contribution in [0, 0.1) is 0 Å². The fourth-order valence-corrected chi connectivity index (χ4v) is 1.23. The molecule has 2 N–H and O–H groups in total. The Morgan fingerprint density at radius 3 is 2.59 bits per heavy atom. The van der Waals surface area contributed by atoms with Gasteiger partial charge in [0.05, 0.1) is 6.61 Å². The van der Waals surface area contributed by atoms with E-state index in [0.717, 1.165) is 13.1 Å². The Morgan fingerprint density at radius 2 is 2.00 bits per heavy atom. The van der Waals surface area contributed by atoms with E-state index in [4.69, 9.17) is 9.84 Å². The predicted molar refractivity (Wildman–Crippen MR) is 63.9 cm³/mol. The van der Waals surface area contributed by atoms with E-state index in [1.165, 1.54) is 0 Å². The van der Waals surface area contributed by atoms with Gasteiger partial charge in [-0.3, -0.25) is 9.59 Å². The van der Waals surface area contributed by atoms with Crippen molar-refractivity contribution in [2.24, 2.45) is 0 Å². The molecule has 0 saturated heterocycles. The summed E-state index contributed by atoms with van der Waals surface area (Å²) in [5, 5.41) is 11.2. The summed E-state index contributed by atoms with van der Waals surface area (Å²) in [6, 6.07) is 0. The van der Waals surface area contributed by atoms with Crippen molar-refractivity contribution < 1.29 is 19.4 Å². The molecule has 6 nitrogen and oxygen atoms in total. The average Bonchev–Trinajstić information content (AvgIpc) is 2.25. The first kappa shape index (κ1) is 15.9. The summed E-state index contributed by atoms with van der Waals surface area (Å²) in [5.41, 5.74) is 0. The van der Waals surface area contributed by atoms with Crippen molar-refractivity contribution in [1.29, 1.82) is 0 Å². The molecule has 0 unspecified atom stereocenters. The van der Waals surface area contributed by atoms with Crippen molar-refractivity contribution in [2.45, 2.75) is 19.3 Å². The number of nitrogens with zero attached hydrogens (tertiary/aromatic N) is 1. The van der Waals surface area contributed by atoms with Crippen LogP contribution in [0.4, 0.5) is 0 Å². The summed E-state index contributed by atoms with van der Waals surface area (Å²) in [4.78, 5) is 23.6. The smallest absolute Gasteiger partial charge is 0.303 e. The Hall–Kier alpha value is -1.14. The van der Waals surface area contributed by atoms with Crippen molar-refractivity contribution in [2.75, 3.05) is 40.4 Å². The monoisotopic (exact) mass is 246 g/mol. The van der Waals surface area contributed by atoms with Crippen LogP contribution in [0.5, 0.6) is 0 Å². The highest BCUT2D eigenvalue weighted by molar-refractivity contribution is 5.76. The zero-order valence-electron chi connectivity index (χ0n) is 10.6. The van der Waals surface area contributed by atoms with E-state index in [1.807, 2.05) is 7.05 Å². The number of likely N-dealkylation sites (N-methyl/N-ethyl adjacent to an activating group) is 1. The molecular weight excluding hydrogens is 224 g/mol. The number of hydrogen-bond donors (Lipinski definition) is 2. The molecule has 0 radical (unpaired) electrons. The lowest BCUT2D eigenvalue weighted by atomic mass is 10.2. The second-order valence-corrected chi connectivity index (χ2v) is 3.89. The van der Waals surface area contributed by atoms with Crippen molar-refractivity contribution >= 4 is 11.9 Å². The Kier molecular flexibility index (Phi) is 9.37. The predicted octanol–water partition coefficient (Wildman–Crippen LogP) is -0.0643. The van der Waals surface area contributed by atoms with E-state index < -0.39 is 5.97 Å². The molecule has 0 aromatic heterocycles. The zero-order valence-corrected chi connectivity index (χ0v) is 10.6. The second-order valence-electron chi connectivity index (χ2n) is 3.89. The minimum atomic E-state index is -0.864. The fourth-order valence-electron chi connectivity index (χ4n) is 1.23. The van der Waals surface area contributed by atoms with Crippen LogP contribution in [0.2, 0.25) is 0 Å². The molecule has 0 fully saturated rings. The molecule has 0 rings (SSSR count). The summed E-state index contributed by atoms with van der Waals surface area (Å²) < 4.78 is 4.93. The number of carboxylic acids is 1. The number of nitrogens with one attached hydrogen (secondary N) is 1. The Balaban J connectivity index is 3.41. The number of ether oxygens (including phenoxy) is 1. The van der Waals surface area contributed by atoms with Gasteiger partial charge < -0.3 is 20.1 Å². The third-order valence-corrected chi connectivity index (χ3v) is 2.29. The summed E-state index contributed by atoms with van der Waals surface area (Å²) in [7, 11) is 3.60. The SMILES string of the molecule is COCCN(C)CCNC(=O)CCCC(=O)O. The third-order valence-electron chi connectivity index (χ3n) is 2.29. The maximum Gasteiger partial charge on any atom is 0.303 e. The molecule has 0 aromatic rings. The van der Waals surface area contributed by atoms with Gasteiger partial charge >= 0.3 is 5.97 Å². The van der Waals surface area contributed by atoms with Gasteiger partial charge in [0.15, 0.2) is 0 Å². The van der Waals surface area contributed by atoms with Crippen LogP contribution in [0.3, 0.4) is 0 Å². The quantitative estimate of drug-likeness (QED) is 0.564. The second kappa shape index (κ2) is 10.0. The molecule has 0 heterocycles. The largest absolute Gasteiger partial charge is 0.481 e. The topological polar surface area (TPSA) is 78.9 Å². The van der Waals surface area contributed by atoms with Gasteiger partial charge in [0.25, 0.3) is 0 Å². The van der Waals surface area contributed by atoms with Gasteiger partial charge in [-0.1, -0.05) is 0 Å². The number of methoxy groups -OCH3 is 1. The van der Waals surface area contributed by atoms with Crippen LogP contribution in [0.25, 0.3) is 0 Å². The molecule has 0 aliphatic carbocycles. The molecule has 0 aliphatic rings. The highest BCUT2D eigenvalue weighted by atomic mass is 16.5. The summed E-state index contributed by atoms with van der Waals surface area (Å²) in [6.07, 6.45) is 0.704. The first-order chi connectivity index (χ1) is 8.06. The van der Waals surface area contributed by atoms with Crippen LogP contribution >= 0.6 is 0 Å². The molecule has 0 aliphatic heterocycles. The van der Waals surface area contributed by atoms with Gasteiger partial charge in [-0.2, -0.15) is 0 Å². The highest BCUT2D eigenvalue weighted by Crippen LogP contribution is 1.94. The molecule has 0 aromatic carbocycles. The molecule has 0 atom stereocenters. The Morgan fingerprint density at radius 1 is 1.29 bits per heavy atom.